The molecule has 2 aromatic rings. The predicted octanol–water partition coefficient (Wildman–Crippen LogP) is 1.77. The van der Waals surface area contributed by atoms with Gasteiger partial charge in [-0.25, -0.2) is 0 Å². The van der Waals surface area contributed by atoms with Gasteiger partial charge in [-0.1, -0.05) is 44.9 Å². The van der Waals surface area contributed by atoms with Crippen LogP contribution in [-0.2, 0) is 25.6 Å². The summed E-state index contributed by atoms with van der Waals surface area (Å²) in [5.41, 5.74) is -0.167. The van der Waals surface area contributed by atoms with Crippen LogP contribution in [0.5, 0.6) is 17.2 Å². The number of hydrogen-bond donors (Lipinski definition) is 5. The van der Waals surface area contributed by atoms with Crippen LogP contribution < -0.4 is 40.8 Å². The van der Waals surface area contributed by atoms with E-state index in [9.17, 15) is 24.0 Å². The molecule has 13 heteroatoms. The molecule has 1 spiro atoms. The molecule has 2 heterocycles. The van der Waals surface area contributed by atoms with Crippen molar-refractivity contribution >= 4 is 29.5 Å². The Morgan fingerprint density at radius 1 is 0.917 bits per heavy atom. The van der Waals surface area contributed by atoms with Crippen molar-refractivity contribution in [3.8, 4) is 17.2 Å². The second-order valence-electron chi connectivity index (χ2n) is 13.0. The van der Waals surface area contributed by atoms with Crippen LogP contribution in [-0.4, -0.2) is 79.6 Å². The molecule has 3 aliphatic rings. The number of carbonyl (C=O) groups is 5. The third-order valence-corrected chi connectivity index (χ3v) is 8.85. The summed E-state index contributed by atoms with van der Waals surface area (Å²) in [5.74, 6) is -1.25. The summed E-state index contributed by atoms with van der Waals surface area (Å²) in [6.07, 6.45) is 2.23. The van der Waals surface area contributed by atoms with Crippen LogP contribution in [0, 0.1) is 5.92 Å². The lowest BCUT2D eigenvalue weighted by Crippen LogP contribution is -2.62. The molecule has 2 aliphatic heterocycles. The Morgan fingerprint density at radius 3 is 2.40 bits per heavy atom. The minimum absolute atomic E-state index is 0.0442. The molecular formula is C35H45N5O8. The Labute approximate surface area is 280 Å². The minimum Gasteiger partial charge on any atom is -0.491 e. The van der Waals surface area contributed by atoms with E-state index in [0.29, 0.717) is 56.8 Å². The van der Waals surface area contributed by atoms with Crippen LogP contribution in [0.4, 0.5) is 0 Å². The van der Waals surface area contributed by atoms with E-state index in [2.05, 4.69) is 26.6 Å². The number of ether oxygens (including phenoxy) is 3. The fourth-order valence-electron chi connectivity index (χ4n) is 6.22. The van der Waals surface area contributed by atoms with Gasteiger partial charge in [0, 0.05) is 6.54 Å². The first kappa shape index (κ1) is 34.5. The third kappa shape index (κ3) is 8.36. The highest BCUT2D eigenvalue weighted by molar-refractivity contribution is 6.01. The van der Waals surface area contributed by atoms with Crippen LogP contribution in [0.1, 0.15) is 68.8 Å². The molecule has 5 amide bonds. The number of carbonyl (C=O) groups excluding carboxylic acids is 5. The zero-order valence-electron chi connectivity index (χ0n) is 27.7. The maximum absolute atomic E-state index is 13.8. The predicted molar refractivity (Wildman–Crippen MR) is 176 cm³/mol. The first-order valence-electron chi connectivity index (χ1n) is 16.7. The second kappa shape index (κ2) is 15.4. The highest BCUT2D eigenvalue weighted by Crippen LogP contribution is 2.32. The van der Waals surface area contributed by atoms with Crippen molar-refractivity contribution in [2.24, 2.45) is 5.92 Å². The Balaban J connectivity index is 1.38. The Kier molecular flexibility index (Phi) is 11.1. The summed E-state index contributed by atoms with van der Waals surface area (Å²) in [4.78, 5) is 67.8. The summed E-state index contributed by atoms with van der Waals surface area (Å²) in [5, 5.41) is 14.2. The average Bonchev–Trinajstić information content (AvgIpc) is 3.54. The van der Waals surface area contributed by atoms with Gasteiger partial charge in [-0.3, -0.25) is 24.0 Å². The SMILES string of the molecule is CC(C)[C@H]1NC(=O)C2(CCCC2)NC(=O)C[C@@H](C(=O)NCCc2ccc3c(c2)OCCO3)NC(=O)c2ccccc2OC[C@H](C)NC1=O. The Hall–Kier alpha value is -4.81. The molecule has 0 bridgehead atoms. The van der Waals surface area contributed by atoms with Crippen molar-refractivity contribution in [3.05, 3.63) is 53.6 Å². The van der Waals surface area contributed by atoms with Crippen LogP contribution in [0.15, 0.2) is 42.5 Å². The summed E-state index contributed by atoms with van der Waals surface area (Å²) >= 11 is 0. The Morgan fingerprint density at radius 2 is 1.65 bits per heavy atom. The summed E-state index contributed by atoms with van der Waals surface area (Å²) in [6, 6.07) is 9.55. The van der Waals surface area contributed by atoms with Gasteiger partial charge in [-0.2, -0.15) is 0 Å². The van der Waals surface area contributed by atoms with Crippen molar-refractivity contribution in [1.82, 2.24) is 26.6 Å². The van der Waals surface area contributed by atoms with Crippen LogP contribution in [0.25, 0.3) is 0 Å². The Bertz CT molecular complexity index is 1520. The zero-order chi connectivity index (χ0) is 34.3. The molecule has 0 aromatic heterocycles. The number of rotatable bonds is 5. The molecule has 1 fully saturated rings. The largest absolute Gasteiger partial charge is 0.491 e. The molecule has 0 saturated heterocycles. The van der Waals surface area contributed by atoms with Gasteiger partial charge in [0.05, 0.1) is 18.0 Å². The molecule has 3 atom stereocenters. The van der Waals surface area contributed by atoms with E-state index >= 15 is 0 Å². The topological polar surface area (TPSA) is 173 Å². The number of fused-ring (bicyclic) bond motifs is 2. The highest BCUT2D eigenvalue weighted by atomic mass is 16.6. The lowest BCUT2D eigenvalue weighted by Gasteiger charge is -2.33. The lowest BCUT2D eigenvalue weighted by molar-refractivity contribution is -0.137. The van der Waals surface area contributed by atoms with E-state index in [0.717, 1.165) is 5.56 Å². The zero-order valence-corrected chi connectivity index (χ0v) is 27.7. The fourth-order valence-corrected chi connectivity index (χ4v) is 6.22. The molecule has 1 aliphatic carbocycles. The quantitative estimate of drug-likeness (QED) is 0.322. The van der Waals surface area contributed by atoms with Gasteiger partial charge in [0.25, 0.3) is 5.91 Å². The third-order valence-electron chi connectivity index (χ3n) is 8.85. The van der Waals surface area contributed by atoms with Crippen LogP contribution in [0.3, 0.4) is 0 Å². The minimum atomic E-state index is -1.26. The number of amides is 5. The van der Waals surface area contributed by atoms with Gasteiger partial charge in [0.2, 0.25) is 23.6 Å². The van der Waals surface area contributed by atoms with Crippen molar-refractivity contribution in [1.29, 1.82) is 0 Å². The van der Waals surface area contributed by atoms with Crippen molar-refractivity contribution in [2.75, 3.05) is 26.4 Å². The molecule has 5 rings (SSSR count). The summed E-state index contributed by atoms with van der Waals surface area (Å²) < 4.78 is 17.2. The normalized spacial score (nSPS) is 23.1. The van der Waals surface area contributed by atoms with Crippen molar-refractivity contribution < 1.29 is 38.2 Å². The van der Waals surface area contributed by atoms with Gasteiger partial charge in [0.1, 0.15) is 43.2 Å². The number of nitrogens with one attached hydrogen (secondary N) is 5. The average molecular weight is 664 g/mol. The molecular weight excluding hydrogens is 618 g/mol. The molecule has 258 valence electrons. The molecule has 0 unspecified atom stereocenters. The van der Waals surface area contributed by atoms with E-state index in [1.165, 1.54) is 0 Å². The second-order valence-corrected chi connectivity index (χ2v) is 13.0. The van der Waals surface area contributed by atoms with Gasteiger partial charge in [-0.05, 0) is 61.9 Å². The maximum atomic E-state index is 13.8. The number of para-hydroxylation sites is 1. The highest BCUT2D eigenvalue weighted by Gasteiger charge is 2.44. The van der Waals surface area contributed by atoms with E-state index < -0.39 is 53.7 Å². The maximum Gasteiger partial charge on any atom is 0.255 e. The number of hydrogen-bond acceptors (Lipinski definition) is 8. The molecule has 1 saturated carbocycles. The van der Waals surface area contributed by atoms with E-state index in [4.69, 9.17) is 14.2 Å². The van der Waals surface area contributed by atoms with Gasteiger partial charge < -0.3 is 40.8 Å². The number of benzene rings is 2. The van der Waals surface area contributed by atoms with Gasteiger partial charge in [-0.15, -0.1) is 0 Å². The first-order valence-corrected chi connectivity index (χ1v) is 16.7. The van der Waals surface area contributed by atoms with E-state index in [1.54, 1.807) is 31.2 Å². The fraction of sp³-hybridized carbons (Fsp3) is 0.514. The van der Waals surface area contributed by atoms with Gasteiger partial charge in [0.15, 0.2) is 11.5 Å². The van der Waals surface area contributed by atoms with Crippen molar-refractivity contribution in [2.45, 2.75) is 83.0 Å². The van der Waals surface area contributed by atoms with Crippen molar-refractivity contribution in [3.63, 3.8) is 0 Å². The van der Waals surface area contributed by atoms with E-state index in [1.807, 2.05) is 32.0 Å². The first-order chi connectivity index (χ1) is 23.0. The van der Waals surface area contributed by atoms with Crippen LogP contribution in [0.2, 0.25) is 0 Å². The molecule has 13 nitrogen and oxygen atoms in total. The van der Waals surface area contributed by atoms with Crippen LogP contribution >= 0.6 is 0 Å². The lowest BCUT2D eigenvalue weighted by atomic mass is 9.93. The van der Waals surface area contributed by atoms with Gasteiger partial charge >= 0.3 is 0 Å². The smallest absolute Gasteiger partial charge is 0.255 e. The molecule has 5 N–H and O–H groups in total. The summed E-state index contributed by atoms with van der Waals surface area (Å²) in [7, 11) is 0. The van der Waals surface area contributed by atoms with E-state index in [-0.39, 0.29) is 36.3 Å². The molecule has 0 radical (unpaired) electrons. The monoisotopic (exact) mass is 663 g/mol. The molecule has 2 aromatic carbocycles. The molecule has 48 heavy (non-hydrogen) atoms. The summed E-state index contributed by atoms with van der Waals surface area (Å²) in [6.45, 7) is 6.64. The standard InChI is InChI=1S/C35H45N5O8/c1-21(2)30-33(44)37-22(3)20-48-26-9-5-4-8-24(26)31(42)38-25(19-29(41)40-35(34(45)39-30)13-6-7-14-35)32(43)36-15-12-23-10-11-27-28(18-23)47-17-16-46-27/h4-5,8-11,18,21-22,25,30H,6-7,12-17,19-20H2,1-3H3,(H,36,43)(H,37,44)(H,38,42)(H,39,45)(H,40,41)/t22-,25-,30+/m0/s1.